The zero-order chi connectivity index (χ0) is 25.6. The molecule has 2 N–H and O–H groups in total. The van der Waals surface area contributed by atoms with Crippen LogP contribution in [0.15, 0.2) is 28.6 Å². The number of nitrogens with zero attached hydrogens (tertiary/aromatic N) is 2. The van der Waals surface area contributed by atoms with Crippen LogP contribution in [0.3, 0.4) is 0 Å². The normalized spacial score (nSPS) is 18.3. The number of thiazole rings is 1. The molecule has 1 aliphatic rings. The van der Waals surface area contributed by atoms with Crippen molar-refractivity contribution in [1.82, 2.24) is 9.88 Å². The quantitative estimate of drug-likeness (QED) is 0.421. The number of ether oxygens (including phenoxy) is 1. The minimum Gasteiger partial charge on any atom is -0.480 e. The van der Waals surface area contributed by atoms with Crippen molar-refractivity contribution in [2.24, 2.45) is 5.92 Å². The van der Waals surface area contributed by atoms with E-state index in [2.05, 4.69) is 17.2 Å². The van der Waals surface area contributed by atoms with Crippen molar-refractivity contribution in [2.75, 3.05) is 24.2 Å². The molecule has 1 aromatic carbocycles. The van der Waals surface area contributed by atoms with E-state index in [1.165, 1.54) is 12.1 Å². The lowest BCUT2D eigenvalue weighted by atomic mass is 9.86. The Morgan fingerprint density at radius 3 is 2.69 bits per heavy atom. The van der Waals surface area contributed by atoms with Gasteiger partial charge in [0, 0.05) is 17.6 Å². The zero-order valence-corrected chi connectivity index (χ0v) is 21.5. The Morgan fingerprint density at radius 2 is 2.03 bits per heavy atom. The molecule has 0 saturated heterocycles. The van der Waals surface area contributed by atoms with Gasteiger partial charge in [0.15, 0.2) is 20.7 Å². The lowest BCUT2D eigenvalue weighted by molar-refractivity contribution is -0.134. The van der Waals surface area contributed by atoms with Crippen LogP contribution in [-0.2, 0) is 26.0 Å². The summed E-state index contributed by atoms with van der Waals surface area (Å²) in [6.07, 6.45) is 4.66. The fourth-order valence-corrected chi connectivity index (χ4v) is 6.21. The molecule has 1 aliphatic carbocycles. The van der Waals surface area contributed by atoms with Gasteiger partial charge in [-0.2, -0.15) is 0 Å². The summed E-state index contributed by atoms with van der Waals surface area (Å²) in [6, 6.07) is 3.60. The molecule has 13 heteroatoms. The summed E-state index contributed by atoms with van der Waals surface area (Å²) < 4.78 is 42.9. The molecule has 0 unspecified atom stereocenters. The van der Waals surface area contributed by atoms with Crippen LogP contribution in [0, 0.1) is 11.7 Å². The number of hydrogen-bond donors (Lipinski definition) is 2. The fraction of sp³-hybridized carbons (Fsp3) is 0.500. The summed E-state index contributed by atoms with van der Waals surface area (Å²) in [6.45, 7) is 2.82. The number of anilines is 1. The molecule has 0 atom stereocenters. The maximum Gasteiger partial charge on any atom is 0.323 e. The highest BCUT2D eigenvalue weighted by atomic mass is 35.5. The number of carbonyl (C=O) groups excluding carboxylic acids is 1. The van der Waals surface area contributed by atoms with E-state index in [0.29, 0.717) is 22.8 Å². The van der Waals surface area contributed by atoms with E-state index in [1.807, 2.05) is 0 Å². The van der Waals surface area contributed by atoms with Crippen LogP contribution < -0.4 is 5.32 Å². The molecular weight excluding hydrogens is 521 g/mol. The van der Waals surface area contributed by atoms with Crippen molar-refractivity contribution in [3.8, 4) is 0 Å². The molecule has 1 aromatic heterocycles. The van der Waals surface area contributed by atoms with Gasteiger partial charge in [-0.3, -0.25) is 10.1 Å². The SMILES string of the molecule is C[C@H]1CC[C@H](N(CCOCc2ccc(F)cc2Cl)C(=O)Nc2ncc(S(=O)(=O)CC(=O)O)s2)CC1. The van der Waals surface area contributed by atoms with Crippen molar-refractivity contribution >= 4 is 49.9 Å². The van der Waals surface area contributed by atoms with Crippen LogP contribution >= 0.6 is 22.9 Å². The maximum atomic E-state index is 13.2. The second-order valence-electron chi connectivity index (χ2n) is 8.46. The Morgan fingerprint density at radius 1 is 1.31 bits per heavy atom. The van der Waals surface area contributed by atoms with Crippen LogP contribution in [0.25, 0.3) is 0 Å². The van der Waals surface area contributed by atoms with E-state index in [4.69, 9.17) is 21.4 Å². The van der Waals surface area contributed by atoms with Gasteiger partial charge in [0.05, 0.1) is 19.4 Å². The Balaban J connectivity index is 1.64. The molecule has 2 aromatic rings. The standard InChI is InChI=1S/C22H27ClFN3O6S2/c1-14-2-6-17(7-3-14)27(8-9-33-12-15-4-5-16(24)10-18(15)23)22(30)26-21-25-11-20(34-21)35(31,32)13-19(28)29/h4-5,10-11,14,17H,2-3,6-9,12-13H2,1H3,(H,28,29)(H,25,26,30)/t14-,17-. The average molecular weight is 548 g/mol. The van der Waals surface area contributed by atoms with Crippen molar-refractivity contribution in [3.63, 3.8) is 0 Å². The molecule has 192 valence electrons. The molecule has 0 spiro atoms. The zero-order valence-electron chi connectivity index (χ0n) is 19.1. The van der Waals surface area contributed by atoms with Crippen molar-refractivity contribution in [2.45, 2.75) is 49.5 Å². The summed E-state index contributed by atoms with van der Waals surface area (Å²) in [7, 11) is -4.03. The van der Waals surface area contributed by atoms with Gasteiger partial charge in [-0.05, 0) is 49.3 Å². The number of benzene rings is 1. The molecule has 0 radical (unpaired) electrons. The molecule has 1 fully saturated rings. The number of carbonyl (C=O) groups is 2. The van der Waals surface area contributed by atoms with Gasteiger partial charge < -0.3 is 14.7 Å². The molecule has 1 saturated carbocycles. The maximum absolute atomic E-state index is 13.2. The average Bonchev–Trinajstić information content (AvgIpc) is 3.24. The van der Waals surface area contributed by atoms with E-state index < -0.39 is 33.4 Å². The summed E-state index contributed by atoms with van der Waals surface area (Å²) in [5, 5.41) is 11.8. The van der Waals surface area contributed by atoms with E-state index in [0.717, 1.165) is 31.9 Å². The van der Waals surface area contributed by atoms with Crippen LogP contribution in [0.4, 0.5) is 14.3 Å². The van der Waals surface area contributed by atoms with Gasteiger partial charge in [-0.15, -0.1) is 0 Å². The summed E-state index contributed by atoms with van der Waals surface area (Å²) in [5.41, 5.74) is 0.633. The first-order valence-corrected chi connectivity index (χ1v) is 13.9. The van der Waals surface area contributed by atoms with Crippen molar-refractivity contribution < 1.29 is 32.2 Å². The molecule has 2 amide bonds. The van der Waals surface area contributed by atoms with E-state index in [1.54, 1.807) is 11.0 Å². The van der Waals surface area contributed by atoms with Gasteiger partial charge in [-0.1, -0.05) is 35.9 Å². The Bertz CT molecular complexity index is 1150. The predicted molar refractivity (Wildman–Crippen MR) is 130 cm³/mol. The number of amides is 2. The largest absolute Gasteiger partial charge is 0.480 e. The van der Waals surface area contributed by atoms with Gasteiger partial charge in [0.2, 0.25) is 0 Å². The third-order valence-corrected chi connectivity index (χ3v) is 9.17. The third kappa shape index (κ3) is 7.86. The lowest BCUT2D eigenvalue weighted by Crippen LogP contribution is -2.46. The number of urea groups is 1. The molecule has 0 bridgehead atoms. The highest BCUT2D eigenvalue weighted by Gasteiger charge is 2.29. The van der Waals surface area contributed by atoms with Crippen molar-refractivity contribution in [3.05, 3.63) is 40.8 Å². The number of carboxylic acid groups (broad SMARTS) is 1. The lowest BCUT2D eigenvalue weighted by Gasteiger charge is -2.36. The number of carboxylic acids is 1. The molecule has 3 rings (SSSR count). The second-order valence-corrected chi connectivity index (χ2v) is 12.1. The molecule has 1 heterocycles. The highest BCUT2D eigenvalue weighted by Crippen LogP contribution is 2.29. The molecule has 35 heavy (non-hydrogen) atoms. The van der Waals surface area contributed by atoms with E-state index >= 15 is 0 Å². The van der Waals surface area contributed by atoms with Crippen molar-refractivity contribution in [1.29, 1.82) is 0 Å². The third-order valence-electron chi connectivity index (χ3n) is 5.75. The minimum atomic E-state index is -4.03. The van der Waals surface area contributed by atoms with Gasteiger partial charge in [-0.25, -0.2) is 22.6 Å². The minimum absolute atomic E-state index is 0.0145. The summed E-state index contributed by atoms with van der Waals surface area (Å²) in [4.78, 5) is 29.5. The second kappa shape index (κ2) is 12.1. The number of sulfone groups is 1. The van der Waals surface area contributed by atoms with Gasteiger partial charge >= 0.3 is 12.0 Å². The number of rotatable bonds is 10. The molecule has 0 aliphatic heterocycles. The summed E-state index contributed by atoms with van der Waals surface area (Å²) in [5.74, 6) is -2.38. The number of nitrogens with one attached hydrogen (secondary N) is 1. The van der Waals surface area contributed by atoms with Crippen LogP contribution in [-0.4, -0.2) is 60.4 Å². The first kappa shape index (κ1) is 27.3. The van der Waals surface area contributed by atoms with Crippen LogP contribution in [0.1, 0.15) is 38.2 Å². The number of halogens is 2. The first-order chi connectivity index (χ1) is 16.5. The summed E-state index contributed by atoms with van der Waals surface area (Å²) >= 11 is 6.74. The topological polar surface area (TPSA) is 126 Å². The number of hydrogen-bond acceptors (Lipinski definition) is 7. The van der Waals surface area contributed by atoms with E-state index in [9.17, 15) is 22.4 Å². The molecule has 9 nitrogen and oxygen atoms in total. The molecular formula is C22H27ClFN3O6S2. The first-order valence-electron chi connectivity index (χ1n) is 11.0. The smallest absolute Gasteiger partial charge is 0.323 e. The predicted octanol–water partition coefficient (Wildman–Crippen LogP) is 4.42. The highest BCUT2D eigenvalue weighted by molar-refractivity contribution is 7.94. The Kier molecular flexibility index (Phi) is 9.45. The van der Waals surface area contributed by atoms with Gasteiger partial charge in [0.1, 0.15) is 10.0 Å². The Hall–Kier alpha value is -2.28. The van der Waals surface area contributed by atoms with E-state index in [-0.39, 0.29) is 40.2 Å². The number of aromatic nitrogens is 1. The monoisotopic (exact) mass is 547 g/mol. The fourth-order valence-electron chi connectivity index (χ4n) is 3.85. The number of aliphatic carboxylic acids is 1. The van der Waals surface area contributed by atoms with Crippen LogP contribution in [0.5, 0.6) is 0 Å². The Labute approximate surface area is 212 Å². The van der Waals surface area contributed by atoms with Gasteiger partial charge in [0.25, 0.3) is 0 Å². The van der Waals surface area contributed by atoms with Crippen LogP contribution in [0.2, 0.25) is 5.02 Å².